The number of sulfonamides is 1. The van der Waals surface area contributed by atoms with E-state index in [1.54, 1.807) is 6.92 Å². The lowest BCUT2D eigenvalue weighted by molar-refractivity contribution is -0.152. The minimum absolute atomic E-state index is 0.0195. The van der Waals surface area contributed by atoms with Crippen LogP contribution < -0.4 is 15.2 Å². The Kier molecular flexibility index (Phi) is 6.28. The highest BCUT2D eigenvalue weighted by atomic mass is 32.2. The number of methoxy groups -OCH3 is 1. The van der Waals surface area contributed by atoms with E-state index < -0.39 is 28.1 Å². The summed E-state index contributed by atoms with van der Waals surface area (Å²) in [6, 6.07) is 4.62. The van der Waals surface area contributed by atoms with E-state index in [4.69, 9.17) is 19.9 Å². The summed E-state index contributed by atoms with van der Waals surface area (Å²) in [7, 11) is -2.54. The molecule has 1 amide bonds. The lowest BCUT2D eigenvalue weighted by atomic mass is 9.72. The van der Waals surface area contributed by atoms with Crippen LogP contribution in [0.15, 0.2) is 29.2 Å². The zero-order chi connectivity index (χ0) is 20.4. The van der Waals surface area contributed by atoms with Crippen LogP contribution in [0.25, 0.3) is 0 Å². The maximum atomic E-state index is 12.4. The Morgan fingerprint density at radius 2 is 1.96 bits per heavy atom. The van der Waals surface area contributed by atoms with Crippen LogP contribution in [0.1, 0.15) is 32.6 Å². The van der Waals surface area contributed by atoms with Crippen molar-refractivity contribution in [1.29, 1.82) is 0 Å². The van der Waals surface area contributed by atoms with E-state index in [9.17, 15) is 13.2 Å². The number of carbonyl (C=O) groups excluding carboxylic acids is 1. The fourth-order valence-electron chi connectivity index (χ4n) is 3.63. The van der Waals surface area contributed by atoms with Crippen molar-refractivity contribution >= 4 is 15.9 Å². The van der Waals surface area contributed by atoms with Crippen LogP contribution in [0.5, 0.6) is 5.75 Å². The summed E-state index contributed by atoms with van der Waals surface area (Å²) in [5, 5.41) is 0. The summed E-state index contributed by atoms with van der Waals surface area (Å²) >= 11 is 0. The van der Waals surface area contributed by atoms with Crippen molar-refractivity contribution in [1.82, 2.24) is 4.72 Å². The Balaban J connectivity index is 1.55. The Labute approximate surface area is 165 Å². The Morgan fingerprint density at radius 3 is 2.50 bits per heavy atom. The largest absolute Gasteiger partial charge is 0.497 e. The lowest BCUT2D eigenvalue weighted by Gasteiger charge is -2.46. The Bertz CT molecular complexity index is 773. The number of carbonyl (C=O) groups is 1. The van der Waals surface area contributed by atoms with Gasteiger partial charge in [-0.25, -0.2) is 13.1 Å². The second kappa shape index (κ2) is 8.36. The maximum absolute atomic E-state index is 12.4. The van der Waals surface area contributed by atoms with Crippen LogP contribution in [-0.4, -0.2) is 52.9 Å². The van der Waals surface area contributed by atoms with Crippen LogP contribution >= 0.6 is 0 Å². The summed E-state index contributed by atoms with van der Waals surface area (Å²) in [5.74, 6) is -0.284. The number of amides is 1. The van der Waals surface area contributed by atoms with Gasteiger partial charge in [0.25, 0.3) is 15.9 Å². The summed E-state index contributed by atoms with van der Waals surface area (Å²) in [6.45, 7) is 2.79. The maximum Gasteiger partial charge on any atom is 0.264 e. The summed E-state index contributed by atoms with van der Waals surface area (Å²) < 4.78 is 43.4. The van der Waals surface area contributed by atoms with Gasteiger partial charge in [0.1, 0.15) is 11.8 Å². The van der Waals surface area contributed by atoms with Gasteiger partial charge in [-0.2, -0.15) is 0 Å². The van der Waals surface area contributed by atoms with E-state index in [2.05, 4.69) is 0 Å². The first kappa shape index (κ1) is 21.0. The monoisotopic (exact) mass is 412 g/mol. The molecule has 28 heavy (non-hydrogen) atoms. The SMILES string of the molecule is COc1ccc(S(=O)(=O)NC(=O)[C@@H](N)[C@@H](C)OCC23CCC(CC2)OC3)cc1. The highest BCUT2D eigenvalue weighted by molar-refractivity contribution is 7.90. The van der Waals surface area contributed by atoms with Gasteiger partial charge in [-0.15, -0.1) is 0 Å². The second-order valence-electron chi connectivity index (χ2n) is 7.70. The molecule has 0 unspecified atom stereocenters. The van der Waals surface area contributed by atoms with Crippen molar-refractivity contribution in [2.24, 2.45) is 11.1 Å². The first-order chi connectivity index (χ1) is 13.2. The second-order valence-corrected chi connectivity index (χ2v) is 9.38. The smallest absolute Gasteiger partial charge is 0.264 e. The van der Waals surface area contributed by atoms with E-state index in [1.165, 1.54) is 31.4 Å². The first-order valence-corrected chi connectivity index (χ1v) is 10.9. The molecule has 2 atom stereocenters. The van der Waals surface area contributed by atoms with E-state index in [1.807, 2.05) is 4.72 Å². The van der Waals surface area contributed by atoms with Crippen molar-refractivity contribution in [3.05, 3.63) is 24.3 Å². The van der Waals surface area contributed by atoms with Crippen molar-refractivity contribution < 1.29 is 27.4 Å². The molecule has 3 N–H and O–H groups in total. The number of nitrogens with one attached hydrogen (secondary N) is 1. The van der Waals surface area contributed by atoms with Gasteiger partial charge < -0.3 is 19.9 Å². The molecule has 0 radical (unpaired) electrons. The molecule has 3 fully saturated rings. The molecule has 2 bridgehead atoms. The van der Waals surface area contributed by atoms with Gasteiger partial charge in [-0.3, -0.25) is 4.79 Å². The highest BCUT2D eigenvalue weighted by Gasteiger charge is 2.42. The Morgan fingerprint density at radius 1 is 1.32 bits per heavy atom. The summed E-state index contributed by atoms with van der Waals surface area (Å²) in [6.07, 6.45) is 3.89. The molecule has 1 aromatic rings. The van der Waals surface area contributed by atoms with Crippen molar-refractivity contribution in [3.8, 4) is 5.75 Å². The highest BCUT2D eigenvalue weighted by Crippen LogP contribution is 2.43. The van der Waals surface area contributed by atoms with Crippen LogP contribution in [0.4, 0.5) is 0 Å². The van der Waals surface area contributed by atoms with Gasteiger partial charge in [0.2, 0.25) is 0 Å². The van der Waals surface area contributed by atoms with E-state index in [-0.39, 0.29) is 10.3 Å². The number of fused-ring (bicyclic) bond motifs is 3. The number of hydrogen-bond donors (Lipinski definition) is 2. The molecule has 0 aromatic heterocycles. The van der Waals surface area contributed by atoms with E-state index >= 15 is 0 Å². The summed E-state index contributed by atoms with van der Waals surface area (Å²) in [4.78, 5) is 12.3. The van der Waals surface area contributed by atoms with Crippen LogP contribution in [0.2, 0.25) is 0 Å². The van der Waals surface area contributed by atoms with Crippen LogP contribution in [0.3, 0.4) is 0 Å². The third-order valence-corrected chi connectivity index (χ3v) is 7.05. The molecule has 8 nitrogen and oxygen atoms in total. The lowest BCUT2D eigenvalue weighted by Crippen LogP contribution is -2.51. The minimum Gasteiger partial charge on any atom is -0.497 e. The minimum atomic E-state index is -4.02. The van der Waals surface area contributed by atoms with Gasteiger partial charge in [-0.1, -0.05) is 0 Å². The fourth-order valence-corrected chi connectivity index (χ4v) is 4.65. The normalized spacial score (nSPS) is 26.5. The Hall–Kier alpha value is -1.68. The van der Waals surface area contributed by atoms with Crippen molar-refractivity contribution in [3.63, 3.8) is 0 Å². The predicted molar refractivity (Wildman–Crippen MR) is 102 cm³/mol. The average molecular weight is 413 g/mol. The molecule has 4 rings (SSSR count). The number of ether oxygens (including phenoxy) is 3. The van der Waals surface area contributed by atoms with Crippen LogP contribution in [-0.2, 0) is 24.3 Å². The molecule has 0 spiro atoms. The molecule has 1 saturated carbocycles. The molecular formula is C19H28N2O6S. The molecule has 2 aliphatic heterocycles. The summed E-state index contributed by atoms with van der Waals surface area (Å²) in [5.41, 5.74) is 5.93. The van der Waals surface area contributed by atoms with Crippen molar-refractivity contribution in [2.45, 2.75) is 55.8 Å². The topological polar surface area (TPSA) is 117 Å². The molecule has 3 aliphatic rings. The predicted octanol–water partition coefficient (Wildman–Crippen LogP) is 1.19. The standard InChI is InChI=1S/C19H28N2O6S/c1-13(26-11-19-9-7-15(8-10-19)27-12-19)17(20)18(22)21-28(23,24)16-5-3-14(25-2)4-6-16/h3-6,13,15,17H,7-12,20H2,1-2H3,(H,21,22)/t13-,15?,17+,19?/m1/s1. The van der Waals surface area contributed by atoms with Gasteiger partial charge in [0, 0.05) is 5.41 Å². The van der Waals surface area contributed by atoms with Crippen LogP contribution in [0, 0.1) is 5.41 Å². The molecule has 9 heteroatoms. The zero-order valence-corrected chi connectivity index (χ0v) is 17.0. The third kappa shape index (κ3) is 4.65. The number of rotatable bonds is 8. The fraction of sp³-hybridized carbons (Fsp3) is 0.632. The number of nitrogens with two attached hydrogens (primary N) is 1. The van der Waals surface area contributed by atoms with Gasteiger partial charge in [0.15, 0.2) is 0 Å². The van der Waals surface area contributed by atoms with Gasteiger partial charge in [0.05, 0.1) is 37.4 Å². The van der Waals surface area contributed by atoms with Crippen molar-refractivity contribution in [2.75, 3.05) is 20.3 Å². The van der Waals surface area contributed by atoms with Gasteiger partial charge in [-0.05, 0) is 56.9 Å². The average Bonchev–Trinajstić information content (AvgIpc) is 2.72. The first-order valence-electron chi connectivity index (χ1n) is 9.44. The molecule has 156 valence electrons. The third-order valence-electron chi connectivity index (χ3n) is 5.68. The van der Waals surface area contributed by atoms with Gasteiger partial charge >= 0.3 is 0 Å². The molecule has 1 aromatic carbocycles. The molecule has 1 aliphatic carbocycles. The van der Waals surface area contributed by atoms with E-state index in [0.29, 0.717) is 25.1 Å². The molecule has 2 heterocycles. The number of benzene rings is 1. The zero-order valence-electron chi connectivity index (χ0n) is 16.2. The number of hydrogen-bond acceptors (Lipinski definition) is 7. The molecular weight excluding hydrogens is 384 g/mol. The quantitative estimate of drug-likeness (QED) is 0.659. The molecule has 2 saturated heterocycles. The van der Waals surface area contributed by atoms with E-state index in [0.717, 1.165) is 25.7 Å².